The molecule has 0 bridgehead atoms. The minimum Gasteiger partial charge on any atom is -0.467 e. The molecule has 0 spiro atoms. The summed E-state index contributed by atoms with van der Waals surface area (Å²) in [6.07, 6.45) is 1.49. The second-order valence-electron chi connectivity index (χ2n) is 7.10. The maximum Gasteiger partial charge on any atom is 0.279 e. The molecule has 8 nitrogen and oxygen atoms in total. The molecule has 4 rings (SSSR count). The van der Waals surface area contributed by atoms with Crippen LogP contribution in [0.2, 0.25) is 0 Å². The number of imide groups is 1. The molecule has 0 unspecified atom stereocenters. The van der Waals surface area contributed by atoms with Crippen molar-refractivity contribution in [1.82, 2.24) is 19.6 Å². The molecule has 154 valence electrons. The summed E-state index contributed by atoms with van der Waals surface area (Å²) in [6.45, 7) is 4.11. The zero-order valence-electron chi connectivity index (χ0n) is 17.0. The van der Waals surface area contributed by atoms with E-state index in [2.05, 4.69) is 5.10 Å². The van der Waals surface area contributed by atoms with Crippen molar-refractivity contribution < 1.29 is 14.0 Å². The zero-order chi connectivity index (χ0) is 21.4. The van der Waals surface area contributed by atoms with Gasteiger partial charge in [-0.3, -0.25) is 24.4 Å². The number of aromatic amines is 1. The average Bonchev–Trinajstić information content (AvgIpc) is 3.42. The highest BCUT2D eigenvalue weighted by molar-refractivity contribution is 6.35. The Hall–Kier alpha value is -3.81. The molecule has 1 aliphatic heterocycles. The summed E-state index contributed by atoms with van der Waals surface area (Å²) in [7, 11) is 1.73. The van der Waals surface area contributed by atoms with Gasteiger partial charge in [-0.1, -0.05) is 18.2 Å². The molecule has 0 atom stereocenters. The fourth-order valence-electron chi connectivity index (χ4n) is 3.60. The maximum atomic E-state index is 13.3. The van der Waals surface area contributed by atoms with Crippen molar-refractivity contribution in [2.45, 2.75) is 20.4 Å². The number of nitrogens with one attached hydrogen (secondary N) is 1. The lowest BCUT2D eigenvalue weighted by Gasteiger charge is -2.19. The number of carbonyl (C=O) groups excluding carboxylic acids is 2. The molecule has 3 aromatic rings. The van der Waals surface area contributed by atoms with E-state index in [0.29, 0.717) is 23.7 Å². The molecule has 2 amide bonds. The quantitative estimate of drug-likeness (QED) is 0.635. The Kier molecular flexibility index (Phi) is 4.91. The van der Waals surface area contributed by atoms with Gasteiger partial charge in [-0.25, -0.2) is 4.68 Å². The summed E-state index contributed by atoms with van der Waals surface area (Å²) in [6, 6.07) is 12.5. The average molecular weight is 406 g/mol. The minimum absolute atomic E-state index is 0.00552. The number of likely N-dealkylation sites (N-methyl/N-ethyl adjacent to an activating group) is 1. The predicted octanol–water partition coefficient (Wildman–Crippen LogP) is 2.30. The molecule has 1 aromatic carbocycles. The summed E-state index contributed by atoms with van der Waals surface area (Å²) >= 11 is 0. The van der Waals surface area contributed by atoms with Crippen molar-refractivity contribution in [2.75, 3.05) is 13.6 Å². The van der Waals surface area contributed by atoms with Gasteiger partial charge in [0.15, 0.2) is 0 Å². The second-order valence-corrected chi connectivity index (χ2v) is 7.10. The number of hydrogen-bond acceptors (Lipinski definition) is 5. The van der Waals surface area contributed by atoms with Crippen molar-refractivity contribution in [3.8, 4) is 5.69 Å². The smallest absolute Gasteiger partial charge is 0.279 e. The fraction of sp³-hybridized carbons (Fsp3) is 0.227. The van der Waals surface area contributed by atoms with Crippen LogP contribution in [0.25, 0.3) is 11.3 Å². The predicted molar refractivity (Wildman–Crippen MR) is 111 cm³/mol. The Morgan fingerprint density at radius 2 is 1.77 bits per heavy atom. The second kappa shape index (κ2) is 7.55. The van der Waals surface area contributed by atoms with Crippen LogP contribution < -0.4 is 5.56 Å². The number of carbonyl (C=O) groups is 2. The molecule has 2 aromatic heterocycles. The SMILES string of the molecule is CCN(C)C1=C(c2c(C)[nH]n(-c3ccccc3)c2=O)C(=O)N(Cc2ccco2)C1=O. The first-order chi connectivity index (χ1) is 14.4. The molecule has 0 radical (unpaired) electrons. The highest BCUT2D eigenvalue weighted by Gasteiger charge is 2.43. The minimum atomic E-state index is -0.508. The fourth-order valence-corrected chi connectivity index (χ4v) is 3.60. The summed E-state index contributed by atoms with van der Waals surface area (Å²) in [5, 5.41) is 3.03. The van der Waals surface area contributed by atoms with Crippen LogP contribution in [-0.2, 0) is 16.1 Å². The molecule has 0 saturated heterocycles. The largest absolute Gasteiger partial charge is 0.467 e. The van der Waals surface area contributed by atoms with Crippen molar-refractivity contribution in [3.63, 3.8) is 0 Å². The Labute approximate surface area is 173 Å². The van der Waals surface area contributed by atoms with Crippen LogP contribution in [0.5, 0.6) is 0 Å². The summed E-state index contributed by atoms with van der Waals surface area (Å²) in [5.41, 5.74) is 1.32. The van der Waals surface area contributed by atoms with Crippen molar-refractivity contribution >= 4 is 17.4 Å². The van der Waals surface area contributed by atoms with Gasteiger partial charge in [-0.2, -0.15) is 0 Å². The van der Waals surface area contributed by atoms with Gasteiger partial charge >= 0.3 is 0 Å². The molecule has 3 heterocycles. The Bertz CT molecular complexity index is 1190. The number of benzene rings is 1. The van der Waals surface area contributed by atoms with Crippen LogP contribution in [0.15, 0.2) is 63.6 Å². The highest BCUT2D eigenvalue weighted by atomic mass is 16.3. The molecule has 30 heavy (non-hydrogen) atoms. The van der Waals surface area contributed by atoms with Gasteiger partial charge < -0.3 is 9.32 Å². The van der Waals surface area contributed by atoms with E-state index in [1.807, 2.05) is 25.1 Å². The summed E-state index contributed by atoms with van der Waals surface area (Å²) < 4.78 is 6.70. The number of rotatable bonds is 6. The van der Waals surface area contributed by atoms with Gasteiger partial charge in [0.2, 0.25) is 0 Å². The highest BCUT2D eigenvalue weighted by Crippen LogP contribution is 2.32. The number of hydrogen-bond donors (Lipinski definition) is 1. The van der Waals surface area contributed by atoms with Gasteiger partial charge in [-0.15, -0.1) is 0 Å². The van der Waals surface area contributed by atoms with Gasteiger partial charge in [0.1, 0.15) is 11.5 Å². The van der Waals surface area contributed by atoms with Crippen LogP contribution in [0.1, 0.15) is 23.9 Å². The van der Waals surface area contributed by atoms with Gasteiger partial charge in [0.05, 0.1) is 29.6 Å². The first kappa shape index (κ1) is 19.5. The molecule has 1 aliphatic rings. The van der Waals surface area contributed by atoms with E-state index in [1.165, 1.54) is 10.9 Å². The lowest BCUT2D eigenvalue weighted by atomic mass is 10.1. The van der Waals surface area contributed by atoms with E-state index < -0.39 is 11.8 Å². The maximum absolute atomic E-state index is 13.3. The third kappa shape index (κ3) is 3.06. The lowest BCUT2D eigenvalue weighted by molar-refractivity contribution is -0.138. The number of H-pyrrole nitrogens is 1. The van der Waals surface area contributed by atoms with Crippen LogP contribution in [0.4, 0.5) is 0 Å². The van der Waals surface area contributed by atoms with E-state index in [-0.39, 0.29) is 28.9 Å². The standard InChI is InChI=1S/C22H22N4O4/c1-4-24(3)19-18(20(27)25(22(19)29)13-16-11-8-12-30-16)17-14(2)23-26(21(17)28)15-9-6-5-7-10-15/h5-12,23H,4,13H2,1-3H3. The van der Waals surface area contributed by atoms with Crippen molar-refractivity contribution in [3.05, 3.63) is 81.8 Å². The molecule has 0 fully saturated rings. The number of furan rings is 1. The molecule has 8 heteroatoms. The Balaban J connectivity index is 1.86. The molecule has 1 N–H and O–H groups in total. The number of aryl methyl sites for hydroxylation is 1. The van der Waals surface area contributed by atoms with Crippen LogP contribution in [0.3, 0.4) is 0 Å². The van der Waals surface area contributed by atoms with Crippen LogP contribution >= 0.6 is 0 Å². The van der Waals surface area contributed by atoms with E-state index >= 15 is 0 Å². The lowest BCUT2D eigenvalue weighted by Crippen LogP contribution is -2.33. The number of amides is 2. The summed E-state index contributed by atoms with van der Waals surface area (Å²) in [4.78, 5) is 42.6. The molecular weight excluding hydrogens is 384 g/mol. The van der Waals surface area contributed by atoms with Crippen molar-refractivity contribution in [1.29, 1.82) is 0 Å². The van der Waals surface area contributed by atoms with Crippen molar-refractivity contribution in [2.24, 2.45) is 0 Å². The normalized spacial score (nSPS) is 14.2. The molecule has 0 saturated carbocycles. The van der Waals surface area contributed by atoms with E-state index in [9.17, 15) is 14.4 Å². The topological polar surface area (TPSA) is 91.6 Å². The number of nitrogens with zero attached hydrogens (tertiary/aromatic N) is 3. The van der Waals surface area contributed by atoms with E-state index in [0.717, 1.165) is 4.90 Å². The Morgan fingerprint density at radius 3 is 2.40 bits per heavy atom. The van der Waals surface area contributed by atoms with Gasteiger partial charge in [0.25, 0.3) is 17.4 Å². The molecular formula is C22H22N4O4. The third-order valence-corrected chi connectivity index (χ3v) is 5.23. The van der Waals surface area contributed by atoms with Crippen LogP contribution in [0, 0.1) is 6.92 Å². The summed E-state index contributed by atoms with van der Waals surface area (Å²) in [5.74, 6) is -0.461. The number of para-hydroxylation sites is 1. The number of aromatic nitrogens is 2. The first-order valence-corrected chi connectivity index (χ1v) is 9.65. The molecule has 0 aliphatic carbocycles. The van der Waals surface area contributed by atoms with Gasteiger partial charge in [0, 0.05) is 19.3 Å². The first-order valence-electron chi connectivity index (χ1n) is 9.65. The Morgan fingerprint density at radius 1 is 1.03 bits per heavy atom. The van der Waals surface area contributed by atoms with Crippen LogP contribution in [-0.4, -0.2) is 45.0 Å². The van der Waals surface area contributed by atoms with E-state index in [1.54, 1.807) is 43.1 Å². The van der Waals surface area contributed by atoms with E-state index in [4.69, 9.17) is 4.42 Å². The third-order valence-electron chi connectivity index (χ3n) is 5.23. The van der Waals surface area contributed by atoms with Gasteiger partial charge in [-0.05, 0) is 38.1 Å². The monoisotopic (exact) mass is 406 g/mol. The zero-order valence-corrected chi connectivity index (χ0v) is 17.0.